The zero-order chi connectivity index (χ0) is 19.4. The van der Waals surface area contributed by atoms with E-state index in [1.54, 1.807) is 0 Å². The largest absolute Gasteiger partial charge is 0.366 e. The van der Waals surface area contributed by atoms with E-state index >= 15 is 0 Å². The fraction of sp³-hybridized carbons (Fsp3) is 0.636. The van der Waals surface area contributed by atoms with E-state index in [1.807, 2.05) is 6.07 Å². The lowest BCUT2D eigenvalue weighted by Crippen LogP contribution is -2.31. The molecule has 27 heavy (non-hydrogen) atoms. The third-order valence-corrected chi connectivity index (χ3v) is 5.96. The van der Waals surface area contributed by atoms with Gasteiger partial charge >= 0.3 is 0 Å². The van der Waals surface area contributed by atoms with Crippen LogP contribution in [-0.2, 0) is 6.54 Å². The number of fused-ring (bicyclic) bond motifs is 1. The van der Waals surface area contributed by atoms with Gasteiger partial charge < -0.3 is 16.4 Å². The molecule has 5 heteroatoms. The molecule has 1 aromatic heterocycles. The average molecular weight is 370 g/mol. The highest BCUT2D eigenvalue weighted by molar-refractivity contribution is 5.92. The minimum Gasteiger partial charge on any atom is -0.366 e. The van der Waals surface area contributed by atoms with Gasteiger partial charge in [0.2, 0.25) is 5.95 Å². The number of nitrogens with zero attached hydrogens (tertiary/aromatic N) is 2. The maximum Gasteiger partial charge on any atom is 0.225 e. The summed E-state index contributed by atoms with van der Waals surface area (Å²) in [6.07, 6.45) is 6.68. The van der Waals surface area contributed by atoms with Crippen LogP contribution in [0.3, 0.4) is 0 Å². The molecule has 0 bridgehead atoms. The van der Waals surface area contributed by atoms with Crippen LogP contribution in [0.25, 0.3) is 10.9 Å². The van der Waals surface area contributed by atoms with E-state index in [4.69, 9.17) is 15.7 Å². The van der Waals surface area contributed by atoms with E-state index < -0.39 is 0 Å². The molecule has 4 N–H and O–H groups in total. The first kappa shape index (κ1) is 19.9. The van der Waals surface area contributed by atoms with Crippen molar-refractivity contribution >= 4 is 22.7 Å². The molecule has 0 unspecified atom stereocenters. The summed E-state index contributed by atoms with van der Waals surface area (Å²) in [7, 11) is 0. The van der Waals surface area contributed by atoms with E-state index in [2.05, 4.69) is 50.5 Å². The quantitative estimate of drug-likeness (QED) is 0.673. The van der Waals surface area contributed by atoms with E-state index in [9.17, 15) is 0 Å². The number of rotatable bonds is 6. The lowest BCUT2D eigenvalue weighted by molar-refractivity contribution is 0.359. The maximum absolute atomic E-state index is 5.98. The maximum atomic E-state index is 5.98. The van der Waals surface area contributed by atoms with Gasteiger partial charge in [0.15, 0.2) is 0 Å². The number of para-hydroxylation sites is 1. The lowest BCUT2D eigenvalue weighted by Gasteiger charge is -2.29. The molecular weight excluding hydrogens is 334 g/mol. The fourth-order valence-electron chi connectivity index (χ4n) is 3.61. The summed E-state index contributed by atoms with van der Waals surface area (Å²) in [6.45, 7) is 10.3. The molecule has 5 nitrogen and oxygen atoms in total. The van der Waals surface area contributed by atoms with Crippen LogP contribution < -0.4 is 16.4 Å². The Labute approximate surface area is 163 Å². The molecule has 1 aromatic carbocycles. The van der Waals surface area contributed by atoms with Crippen LogP contribution in [-0.4, -0.2) is 22.6 Å². The summed E-state index contributed by atoms with van der Waals surface area (Å²) in [5.74, 6) is 2.33. The van der Waals surface area contributed by atoms with Crippen molar-refractivity contribution in [3.05, 3.63) is 23.8 Å². The Bertz CT molecular complexity index is 759. The molecule has 0 radical (unpaired) electrons. The highest BCUT2D eigenvalue weighted by Crippen LogP contribution is 2.29. The molecule has 0 spiro atoms. The van der Waals surface area contributed by atoms with Crippen molar-refractivity contribution in [2.75, 3.05) is 17.2 Å². The Morgan fingerprint density at radius 1 is 1.15 bits per heavy atom. The minimum absolute atomic E-state index is 0.137. The second-order valence-corrected chi connectivity index (χ2v) is 9.03. The molecule has 1 aliphatic rings. The van der Waals surface area contributed by atoms with Crippen molar-refractivity contribution in [3.63, 3.8) is 0 Å². The number of aromatic nitrogens is 2. The lowest BCUT2D eigenvalue weighted by atomic mass is 9.88. The summed E-state index contributed by atoms with van der Waals surface area (Å²) in [5.41, 5.74) is 8.12. The third kappa shape index (κ3) is 4.89. The monoisotopic (exact) mass is 369 g/mol. The van der Waals surface area contributed by atoms with Crippen LogP contribution in [0.15, 0.2) is 18.2 Å². The summed E-state index contributed by atoms with van der Waals surface area (Å²) in [5, 5.41) is 8.17. The molecule has 0 saturated heterocycles. The standard InChI is InChI=1S/C22H35N5/c1-15(22(2,3)4)25-20-18-12-8-11-17(13-23)19(18)26-21(27-20)24-14-16-9-6-5-7-10-16/h8,11-12,15-16H,5-7,9-10,13-14,23H2,1-4H3,(H2,24,25,26,27)/t15-/m1/s1. The molecule has 1 heterocycles. The predicted octanol–water partition coefficient (Wildman–Crippen LogP) is 4.93. The van der Waals surface area contributed by atoms with Gasteiger partial charge in [-0.05, 0) is 42.7 Å². The Balaban J connectivity index is 1.91. The highest BCUT2D eigenvalue weighted by atomic mass is 15.2. The summed E-state index contributed by atoms with van der Waals surface area (Å²) in [6, 6.07) is 6.45. The Hall–Kier alpha value is -1.88. The normalized spacial score (nSPS) is 17.1. The number of benzene rings is 1. The number of nitrogens with two attached hydrogens (primary N) is 1. The van der Waals surface area contributed by atoms with Crippen LogP contribution in [0.5, 0.6) is 0 Å². The van der Waals surface area contributed by atoms with E-state index in [1.165, 1.54) is 32.1 Å². The predicted molar refractivity (Wildman–Crippen MR) is 115 cm³/mol. The van der Waals surface area contributed by atoms with Gasteiger partial charge in [0.1, 0.15) is 5.82 Å². The second kappa shape index (κ2) is 8.42. The van der Waals surface area contributed by atoms with Crippen molar-refractivity contribution in [3.8, 4) is 0 Å². The van der Waals surface area contributed by atoms with Crippen LogP contribution in [0.1, 0.15) is 65.4 Å². The number of hydrogen-bond acceptors (Lipinski definition) is 5. The molecule has 0 amide bonds. The van der Waals surface area contributed by atoms with Gasteiger partial charge in [0.05, 0.1) is 5.52 Å². The van der Waals surface area contributed by atoms with E-state index in [0.29, 0.717) is 12.5 Å². The van der Waals surface area contributed by atoms with E-state index in [-0.39, 0.29) is 11.5 Å². The first-order chi connectivity index (χ1) is 12.9. The van der Waals surface area contributed by atoms with Crippen LogP contribution in [0, 0.1) is 11.3 Å². The Morgan fingerprint density at radius 2 is 1.89 bits per heavy atom. The zero-order valence-corrected chi connectivity index (χ0v) is 17.3. The SMILES string of the molecule is C[C@@H](Nc1nc(NCC2CCCCC2)nc2c(CN)cccc12)C(C)(C)C. The smallest absolute Gasteiger partial charge is 0.225 e. The van der Waals surface area contributed by atoms with Gasteiger partial charge in [-0.1, -0.05) is 52.2 Å². The molecule has 3 rings (SSSR count). The Morgan fingerprint density at radius 3 is 2.56 bits per heavy atom. The van der Waals surface area contributed by atoms with Crippen molar-refractivity contribution in [1.29, 1.82) is 0 Å². The van der Waals surface area contributed by atoms with Crippen LogP contribution >= 0.6 is 0 Å². The van der Waals surface area contributed by atoms with Gasteiger partial charge in [0.25, 0.3) is 0 Å². The number of anilines is 2. The van der Waals surface area contributed by atoms with Gasteiger partial charge in [-0.2, -0.15) is 4.98 Å². The summed E-state index contributed by atoms with van der Waals surface area (Å²) < 4.78 is 0. The third-order valence-electron chi connectivity index (χ3n) is 5.96. The summed E-state index contributed by atoms with van der Waals surface area (Å²) >= 11 is 0. The minimum atomic E-state index is 0.137. The Kier molecular flexibility index (Phi) is 6.20. The van der Waals surface area contributed by atoms with Crippen molar-refractivity contribution in [2.24, 2.45) is 17.1 Å². The van der Waals surface area contributed by atoms with Crippen molar-refractivity contribution in [2.45, 2.75) is 72.4 Å². The van der Waals surface area contributed by atoms with E-state index in [0.717, 1.165) is 34.7 Å². The van der Waals surface area contributed by atoms with Crippen LogP contribution in [0.2, 0.25) is 0 Å². The zero-order valence-electron chi connectivity index (χ0n) is 17.3. The van der Waals surface area contributed by atoms with Crippen molar-refractivity contribution < 1.29 is 0 Å². The van der Waals surface area contributed by atoms with Crippen LogP contribution in [0.4, 0.5) is 11.8 Å². The molecule has 0 aliphatic heterocycles. The first-order valence-electron chi connectivity index (χ1n) is 10.4. The van der Waals surface area contributed by atoms with Crippen molar-refractivity contribution in [1.82, 2.24) is 9.97 Å². The average Bonchev–Trinajstić information content (AvgIpc) is 2.66. The molecule has 1 aliphatic carbocycles. The molecule has 2 aromatic rings. The van der Waals surface area contributed by atoms with Gasteiger partial charge in [-0.25, -0.2) is 4.98 Å². The molecule has 148 valence electrons. The van der Waals surface area contributed by atoms with Gasteiger partial charge in [0, 0.05) is 24.5 Å². The number of hydrogen-bond donors (Lipinski definition) is 3. The molecular formula is C22H35N5. The fourth-order valence-corrected chi connectivity index (χ4v) is 3.61. The summed E-state index contributed by atoms with van der Waals surface area (Å²) in [4.78, 5) is 9.66. The topological polar surface area (TPSA) is 75.9 Å². The molecule has 1 fully saturated rings. The molecule has 1 saturated carbocycles. The van der Waals surface area contributed by atoms with Gasteiger partial charge in [-0.3, -0.25) is 0 Å². The highest BCUT2D eigenvalue weighted by Gasteiger charge is 2.22. The molecule has 1 atom stereocenters. The number of nitrogens with one attached hydrogen (secondary N) is 2. The second-order valence-electron chi connectivity index (χ2n) is 9.03. The van der Waals surface area contributed by atoms with Gasteiger partial charge in [-0.15, -0.1) is 0 Å². The first-order valence-corrected chi connectivity index (χ1v) is 10.4.